The minimum atomic E-state index is 0.338. The maximum atomic E-state index is 8.93. The van der Waals surface area contributed by atoms with E-state index >= 15 is 0 Å². The van der Waals surface area contributed by atoms with Crippen LogP contribution in [0.4, 0.5) is 5.69 Å². The van der Waals surface area contributed by atoms with E-state index < -0.39 is 0 Å². The number of nitrogens with zero attached hydrogens (tertiary/aromatic N) is 2. The Labute approximate surface area is 130 Å². The molecule has 1 aliphatic heterocycles. The Hall–Kier alpha value is -1.67. The number of amidine groups is 1. The van der Waals surface area contributed by atoms with Crippen molar-refractivity contribution in [2.45, 2.75) is 26.7 Å². The number of hydrogen-bond donors (Lipinski definition) is 1. The molecule has 0 atom stereocenters. The van der Waals surface area contributed by atoms with Gasteiger partial charge in [-0.2, -0.15) is 5.26 Å². The topological polar surface area (TPSA) is 57.4 Å². The molecule has 0 amide bonds. The Morgan fingerprint density at radius 3 is 2.71 bits per heavy atom. The third-order valence-electron chi connectivity index (χ3n) is 4.15. The lowest BCUT2D eigenvalue weighted by Gasteiger charge is -2.33. The molecule has 0 fully saturated rings. The predicted molar refractivity (Wildman–Crippen MR) is 89.1 cm³/mol. The fourth-order valence-corrected chi connectivity index (χ4v) is 3.57. The van der Waals surface area contributed by atoms with Crippen LogP contribution in [-0.2, 0) is 0 Å². The van der Waals surface area contributed by atoms with Gasteiger partial charge in [0.15, 0.2) is 5.17 Å². The van der Waals surface area contributed by atoms with Gasteiger partial charge in [0, 0.05) is 18.4 Å². The van der Waals surface area contributed by atoms with Crippen molar-refractivity contribution in [3.8, 4) is 11.8 Å². The van der Waals surface area contributed by atoms with E-state index in [1.54, 1.807) is 31.0 Å². The van der Waals surface area contributed by atoms with Crippen molar-refractivity contribution in [1.82, 2.24) is 0 Å². The summed E-state index contributed by atoms with van der Waals surface area (Å²) in [5.41, 5.74) is 1.78. The number of aliphatic imine (C=N–C) groups is 1. The van der Waals surface area contributed by atoms with E-state index in [2.05, 4.69) is 30.2 Å². The summed E-state index contributed by atoms with van der Waals surface area (Å²) in [7, 11) is 1.61. The lowest BCUT2D eigenvalue weighted by atomic mass is 9.84. The third-order valence-corrected chi connectivity index (χ3v) is 5.41. The molecule has 112 valence electrons. The summed E-state index contributed by atoms with van der Waals surface area (Å²) in [6.45, 7) is 5.34. The normalized spacial score (nSPS) is 16.8. The molecule has 0 saturated heterocycles. The molecule has 1 aromatic rings. The Morgan fingerprint density at radius 1 is 1.43 bits per heavy atom. The number of nitrogens with one attached hydrogen (secondary N) is 1. The van der Waals surface area contributed by atoms with Gasteiger partial charge in [-0.3, -0.25) is 4.99 Å². The van der Waals surface area contributed by atoms with Crippen LogP contribution >= 0.6 is 11.8 Å². The molecule has 0 radical (unpaired) electrons. The Balaban J connectivity index is 2.13. The molecule has 0 aliphatic carbocycles. The van der Waals surface area contributed by atoms with Crippen LogP contribution in [0.25, 0.3) is 0 Å². The maximum absolute atomic E-state index is 8.93. The lowest BCUT2D eigenvalue weighted by Crippen LogP contribution is -2.32. The second kappa shape index (κ2) is 6.86. The van der Waals surface area contributed by atoms with E-state index in [0.717, 1.165) is 36.0 Å². The molecule has 0 saturated carbocycles. The highest BCUT2D eigenvalue weighted by Crippen LogP contribution is 2.36. The first-order valence-corrected chi connectivity index (χ1v) is 8.17. The van der Waals surface area contributed by atoms with Gasteiger partial charge in [0.1, 0.15) is 5.75 Å². The first-order chi connectivity index (χ1) is 10.2. The van der Waals surface area contributed by atoms with E-state index in [-0.39, 0.29) is 0 Å². The highest BCUT2D eigenvalue weighted by molar-refractivity contribution is 8.14. The Kier molecular flexibility index (Phi) is 5.13. The summed E-state index contributed by atoms with van der Waals surface area (Å²) < 4.78 is 5.33. The molecule has 0 bridgehead atoms. The number of nitriles is 1. The predicted octanol–water partition coefficient (Wildman–Crippen LogP) is 3.89. The van der Waals surface area contributed by atoms with Gasteiger partial charge in [-0.25, -0.2) is 0 Å². The molecule has 4 nitrogen and oxygen atoms in total. The fourth-order valence-electron chi connectivity index (χ4n) is 2.28. The van der Waals surface area contributed by atoms with Crippen LogP contribution < -0.4 is 10.1 Å². The van der Waals surface area contributed by atoms with Gasteiger partial charge in [-0.15, -0.1) is 0 Å². The zero-order valence-electron chi connectivity index (χ0n) is 12.8. The summed E-state index contributed by atoms with van der Waals surface area (Å²) in [6.07, 6.45) is 2.32. The van der Waals surface area contributed by atoms with Crippen LogP contribution in [-0.4, -0.2) is 24.6 Å². The van der Waals surface area contributed by atoms with Crippen LogP contribution in [0.15, 0.2) is 23.2 Å². The number of rotatable bonds is 4. The van der Waals surface area contributed by atoms with Gasteiger partial charge in [-0.1, -0.05) is 25.6 Å². The van der Waals surface area contributed by atoms with Gasteiger partial charge in [-0.05, 0) is 30.4 Å². The minimum absolute atomic E-state index is 0.338. The summed E-state index contributed by atoms with van der Waals surface area (Å²) >= 11 is 1.76. The lowest BCUT2D eigenvalue weighted by molar-refractivity contribution is 0.318. The average Bonchev–Trinajstić information content (AvgIpc) is 2.56. The van der Waals surface area contributed by atoms with E-state index in [9.17, 15) is 0 Å². The van der Waals surface area contributed by atoms with Crippen LogP contribution in [0.5, 0.6) is 5.75 Å². The van der Waals surface area contributed by atoms with Crippen LogP contribution in [0.1, 0.15) is 32.3 Å². The molecule has 21 heavy (non-hydrogen) atoms. The summed E-state index contributed by atoms with van der Waals surface area (Å²) in [5.74, 6) is 1.75. The van der Waals surface area contributed by atoms with Gasteiger partial charge in [0.2, 0.25) is 0 Å². The number of benzene rings is 1. The molecule has 0 aromatic heterocycles. The van der Waals surface area contributed by atoms with Crippen molar-refractivity contribution in [3.05, 3.63) is 23.8 Å². The second-order valence-electron chi connectivity index (χ2n) is 5.27. The molecular formula is C16H21N3OS. The van der Waals surface area contributed by atoms with Gasteiger partial charge in [0.05, 0.1) is 24.4 Å². The smallest absolute Gasteiger partial charge is 0.161 e. The number of anilines is 1. The van der Waals surface area contributed by atoms with E-state index in [1.807, 2.05) is 6.07 Å². The van der Waals surface area contributed by atoms with Crippen LogP contribution in [0, 0.1) is 16.7 Å². The van der Waals surface area contributed by atoms with Crippen molar-refractivity contribution in [2.24, 2.45) is 10.4 Å². The van der Waals surface area contributed by atoms with Gasteiger partial charge < -0.3 is 10.1 Å². The molecule has 2 rings (SSSR count). The third kappa shape index (κ3) is 3.51. The van der Waals surface area contributed by atoms with E-state index in [0.29, 0.717) is 16.7 Å². The van der Waals surface area contributed by atoms with Crippen LogP contribution in [0.3, 0.4) is 0 Å². The second-order valence-corrected chi connectivity index (χ2v) is 6.23. The van der Waals surface area contributed by atoms with E-state index in [1.165, 1.54) is 0 Å². The van der Waals surface area contributed by atoms with Crippen molar-refractivity contribution in [3.63, 3.8) is 0 Å². The molecule has 0 spiro atoms. The number of methoxy groups -OCH3 is 1. The zero-order valence-corrected chi connectivity index (χ0v) is 13.6. The molecule has 5 heteroatoms. The number of ether oxygens (including phenoxy) is 1. The zero-order chi connectivity index (χ0) is 15.3. The fraction of sp³-hybridized carbons (Fsp3) is 0.500. The Morgan fingerprint density at radius 2 is 2.19 bits per heavy atom. The first-order valence-electron chi connectivity index (χ1n) is 7.19. The summed E-state index contributed by atoms with van der Waals surface area (Å²) in [5, 5.41) is 13.2. The number of thioether (sulfide) groups is 1. The monoisotopic (exact) mass is 303 g/mol. The average molecular weight is 303 g/mol. The van der Waals surface area contributed by atoms with Gasteiger partial charge >= 0.3 is 0 Å². The highest BCUT2D eigenvalue weighted by Gasteiger charge is 2.30. The molecule has 1 aromatic carbocycles. The molecule has 1 heterocycles. The van der Waals surface area contributed by atoms with Crippen molar-refractivity contribution in [2.75, 3.05) is 24.7 Å². The quantitative estimate of drug-likeness (QED) is 0.917. The minimum Gasteiger partial charge on any atom is -0.495 e. The standard InChI is InChI=1S/C16H21N3OS/c1-4-16(5-2)10-18-15(21-11-16)19-13-7-6-12(9-17)8-14(13)20-3/h6-8H,4-5,10-11H2,1-3H3,(H,18,19). The SMILES string of the molecule is CCC1(CC)CN=C(Nc2ccc(C#N)cc2OC)SC1. The molecule has 1 aliphatic rings. The summed E-state index contributed by atoms with van der Waals surface area (Å²) in [6, 6.07) is 7.49. The first kappa shape index (κ1) is 15.7. The summed E-state index contributed by atoms with van der Waals surface area (Å²) in [4.78, 5) is 4.69. The van der Waals surface area contributed by atoms with Crippen molar-refractivity contribution in [1.29, 1.82) is 5.26 Å². The molecule has 1 N–H and O–H groups in total. The van der Waals surface area contributed by atoms with Crippen molar-refractivity contribution < 1.29 is 4.74 Å². The molecule has 0 unspecified atom stereocenters. The molecular weight excluding hydrogens is 282 g/mol. The number of hydrogen-bond acceptors (Lipinski definition) is 5. The van der Waals surface area contributed by atoms with Crippen molar-refractivity contribution >= 4 is 22.6 Å². The maximum Gasteiger partial charge on any atom is 0.161 e. The van der Waals surface area contributed by atoms with Crippen LogP contribution in [0.2, 0.25) is 0 Å². The van der Waals surface area contributed by atoms with E-state index in [4.69, 9.17) is 10.00 Å². The highest BCUT2D eigenvalue weighted by atomic mass is 32.2. The van der Waals surface area contributed by atoms with Gasteiger partial charge in [0.25, 0.3) is 0 Å². The largest absolute Gasteiger partial charge is 0.495 e. The Bertz CT molecular complexity index is 573.